The molecule has 0 aliphatic heterocycles. The van der Waals surface area contributed by atoms with Gasteiger partial charge in [0.25, 0.3) is 0 Å². The second-order valence-electron chi connectivity index (χ2n) is 7.75. The number of aliphatic hydroxyl groups is 1. The van der Waals surface area contributed by atoms with Gasteiger partial charge in [0.1, 0.15) is 0 Å². The van der Waals surface area contributed by atoms with E-state index in [2.05, 4.69) is 11.6 Å². The minimum atomic E-state index is -3.28. The molecule has 1 rings (SSSR count). The zero-order valence-corrected chi connectivity index (χ0v) is 17.5. The molecule has 0 radical (unpaired) electrons. The topological polar surface area (TPSA) is 104 Å². The zero-order chi connectivity index (χ0) is 20.2. The van der Waals surface area contributed by atoms with Crippen molar-refractivity contribution in [3.8, 4) is 0 Å². The molecule has 0 spiro atoms. The Morgan fingerprint density at radius 1 is 1.19 bits per heavy atom. The largest absolute Gasteiger partial charge is 0.481 e. The van der Waals surface area contributed by atoms with Gasteiger partial charge in [-0.1, -0.05) is 44.8 Å². The number of allylic oxidation sites excluding steroid dienone is 1. The number of carboxylic acid groups (broad SMARTS) is 1. The maximum atomic E-state index is 11.9. The lowest BCUT2D eigenvalue weighted by molar-refractivity contribution is -0.137. The first-order valence-electron chi connectivity index (χ1n) is 10.3. The molecule has 1 unspecified atom stereocenters. The summed E-state index contributed by atoms with van der Waals surface area (Å²) in [7, 11) is -3.28. The van der Waals surface area contributed by atoms with Gasteiger partial charge in [-0.15, -0.1) is 0 Å². The summed E-state index contributed by atoms with van der Waals surface area (Å²) in [5, 5.41) is 19.0. The van der Waals surface area contributed by atoms with E-state index < -0.39 is 16.0 Å². The van der Waals surface area contributed by atoms with Gasteiger partial charge in [-0.3, -0.25) is 4.79 Å². The van der Waals surface area contributed by atoms with Crippen LogP contribution in [0.5, 0.6) is 0 Å². The molecule has 27 heavy (non-hydrogen) atoms. The number of hydrogen-bond acceptors (Lipinski definition) is 4. The van der Waals surface area contributed by atoms with Crippen molar-refractivity contribution in [2.45, 2.75) is 90.1 Å². The van der Waals surface area contributed by atoms with Crippen LogP contribution in [0.3, 0.4) is 0 Å². The third kappa shape index (κ3) is 9.72. The molecular formula is C20H37NO5S. The van der Waals surface area contributed by atoms with Gasteiger partial charge < -0.3 is 10.2 Å². The van der Waals surface area contributed by atoms with Crippen LogP contribution in [0.1, 0.15) is 84.0 Å². The normalized spacial score (nSPS) is 17.7. The number of carbonyl (C=O) groups is 1. The molecule has 1 fully saturated rings. The van der Waals surface area contributed by atoms with Crippen molar-refractivity contribution >= 4 is 16.0 Å². The van der Waals surface area contributed by atoms with Gasteiger partial charge in [-0.2, -0.15) is 0 Å². The summed E-state index contributed by atoms with van der Waals surface area (Å²) >= 11 is 0. The Bertz CT molecular complexity index is 555. The van der Waals surface area contributed by atoms with Gasteiger partial charge in [-0.25, -0.2) is 13.1 Å². The smallest absolute Gasteiger partial charge is 0.303 e. The standard InChI is InChI=1S/C20H37NO5S/c1-2-13-20(14-10-15-20)18(22)11-6-5-9-17-27(25,26)21-16-8-4-3-7-12-19(23)24/h5-6,18,21-22H,2-4,7-17H2,1H3,(H,23,24). The van der Waals surface area contributed by atoms with Crippen molar-refractivity contribution in [2.75, 3.05) is 12.3 Å². The Morgan fingerprint density at radius 2 is 1.89 bits per heavy atom. The molecule has 0 heterocycles. The molecule has 0 saturated heterocycles. The Labute approximate surface area is 164 Å². The second-order valence-corrected chi connectivity index (χ2v) is 9.68. The van der Waals surface area contributed by atoms with Crippen LogP contribution >= 0.6 is 0 Å². The zero-order valence-electron chi connectivity index (χ0n) is 16.7. The second kappa shape index (κ2) is 12.5. The first kappa shape index (κ1) is 24.1. The number of sulfonamides is 1. The summed E-state index contributed by atoms with van der Waals surface area (Å²) < 4.78 is 26.5. The summed E-state index contributed by atoms with van der Waals surface area (Å²) in [5.74, 6) is -0.733. The lowest BCUT2D eigenvalue weighted by atomic mass is 9.62. The van der Waals surface area contributed by atoms with Gasteiger partial charge in [0.15, 0.2) is 0 Å². The Balaban J connectivity index is 2.13. The molecule has 158 valence electrons. The SMILES string of the molecule is CCCC1(C(O)CC=CCCS(=O)(=O)NCCCCCCC(=O)O)CCC1. The van der Waals surface area contributed by atoms with E-state index >= 15 is 0 Å². The molecule has 6 nitrogen and oxygen atoms in total. The maximum absolute atomic E-state index is 11.9. The van der Waals surface area contributed by atoms with E-state index in [-0.39, 0.29) is 23.7 Å². The number of aliphatic carboxylic acids is 1. The quantitative estimate of drug-likeness (QED) is 0.270. The van der Waals surface area contributed by atoms with Crippen molar-refractivity contribution in [1.82, 2.24) is 4.72 Å². The molecule has 0 amide bonds. The predicted molar refractivity (Wildman–Crippen MR) is 108 cm³/mol. The van der Waals surface area contributed by atoms with Gasteiger partial charge in [0.2, 0.25) is 10.0 Å². The van der Waals surface area contributed by atoms with Crippen LogP contribution in [-0.4, -0.2) is 43.0 Å². The average molecular weight is 404 g/mol. The Morgan fingerprint density at radius 3 is 2.48 bits per heavy atom. The predicted octanol–water partition coefficient (Wildman–Crippen LogP) is 3.61. The number of aliphatic hydroxyl groups excluding tert-OH is 1. The summed E-state index contributed by atoms with van der Waals surface area (Å²) in [6, 6.07) is 0. The summed E-state index contributed by atoms with van der Waals surface area (Å²) in [6.07, 6.45) is 13.2. The third-order valence-corrected chi connectivity index (χ3v) is 6.94. The minimum Gasteiger partial charge on any atom is -0.481 e. The van der Waals surface area contributed by atoms with E-state index in [4.69, 9.17) is 5.11 Å². The molecule has 1 saturated carbocycles. The Kier molecular flexibility index (Phi) is 11.2. The van der Waals surface area contributed by atoms with Gasteiger partial charge >= 0.3 is 5.97 Å². The molecule has 1 aliphatic rings. The monoisotopic (exact) mass is 403 g/mol. The van der Waals surface area contributed by atoms with Gasteiger partial charge in [0, 0.05) is 13.0 Å². The van der Waals surface area contributed by atoms with Crippen LogP contribution in [0.4, 0.5) is 0 Å². The number of rotatable bonds is 16. The number of unbranched alkanes of at least 4 members (excludes halogenated alkanes) is 3. The molecule has 0 bridgehead atoms. The first-order chi connectivity index (χ1) is 12.8. The van der Waals surface area contributed by atoms with Crippen molar-refractivity contribution < 1.29 is 23.4 Å². The van der Waals surface area contributed by atoms with E-state index in [0.717, 1.165) is 44.9 Å². The van der Waals surface area contributed by atoms with Gasteiger partial charge in [-0.05, 0) is 50.4 Å². The van der Waals surface area contributed by atoms with Crippen molar-refractivity contribution in [1.29, 1.82) is 0 Å². The first-order valence-corrected chi connectivity index (χ1v) is 12.0. The van der Waals surface area contributed by atoms with Crippen molar-refractivity contribution in [3.05, 3.63) is 12.2 Å². The molecule has 0 aromatic heterocycles. The molecule has 1 aliphatic carbocycles. The summed E-state index contributed by atoms with van der Waals surface area (Å²) in [4.78, 5) is 10.4. The highest BCUT2D eigenvalue weighted by molar-refractivity contribution is 7.89. The average Bonchev–Trinajstić information content (AvgIpc) is 2.56. The van der Waals surface area contributed by atoms with Crippen LogP contribution in [0.25, 0.3) is 0 Å². The molecule has 0 aromatic rings. The third-order valence-electron chi connectivity index (χ3n) is 5.52. The van der Waals surface area contributed by atoms with E-state index in [1.54, 1.807) is 0 Å². The van der Waals surface area contributed by atoms with E-state index in [9.17, 15) is 18.3 Å². The molecule has 1 atom stereocenters. The van der Waals surface area contributed by atoms with Crippen LogP contribution < -0.4 is 4.72 Å². The lowest BCUT2D eigenvalue weighted by Crippen LogP contribution is -2.41. The lowest BCUT2D eigenvalue weighted by Gasteiger charge is -2.45. The fourth-order valence-electron chi connectivity index (χ4n) is 3.75. The molecular weight excluding hydrogens is 366 g/mol. The summed E-state index contributed by atoms with van der Waals surface area (Å²) in [6.45, 7) is 2.55. The maximum Gasteiger partial charge on any atom is 0.303 e. The fourth-order valence-corrected chi connectivity index (χ4v) is 4.80. The van der Waals surface area contributed by atoms with Gasteiger partial charge in [0.05, 0.1) is 11.9 Å². The highest BCUT2D eigenvalue weighted by atomic mass is 32.2. The molecule has 7 heteroatoms. The number of hydrogen-bond donors (Lipinski definition) is 3. The van der Waals surface area contributed by atoms with Crippen LogP contribution in [-0.2, 0) is 14.8 Å². The number of nitrogens with one attached hydrogen (secondary N) is 1. The van der Waals surface area contributed by atoms with E-state index in [1.165, 1.54) is 6.42 Å². The Hall–Kier alpha value is -0.920. The van der Waals surface area contributed by atoms with Crippen LogP contribution in [0, 0.1) is 5.41 Å². The molecule has 3 N–H and O–H groups in total. The van der Waals surface area contributed by atoms with Crippen LogP contribution in [0.2, 0.25) is 0 Å². The van der Waals surface area contributed by atoms with Crippen molar-refractivity contribution in [2.24, 2.45) is 5.41 Å². The van der Waals surface area contributed by atoms with Crippen LogP contribution in [0.15, 0.2) is 12.2 Å². The van der Waals surface area contributed by atoms with E-state index in [0.29, 0.717) is 25.8 Å². The number of carboxylic acids is 1. The minimum absolute atomic E-state index is 0.0543. The fraction of sp³-hybridized carbons (Fsp3) is 0.850. The van der Waals surface area contributed by atoms with Crippen molar-refractivity contribution in [3.63, 3.8) is 0 Å². The highest BCUT2D eigenvalue weighted by Gasteiger charge is 2.41. The highest BCUT2D eigenvalue weighted by Crippen LogP contribution is 2.48. The summed E-state index contributed by atoms with van der Waals surface area (Å²) in [5.41, 5.74) is 0.0944. The molecule has 0 aromatic carbocycles. The van der Waals surface area contributed by atoms with E-state index in [1.807, 2.05) is 12.2 Å².